The van der Waals surface area contributed by atoms with E-state index in [9.17, 15) is 0 Å². The fraction of sp³-hybridized carbons (Fsp3) is 0. The normalized spacial score (nSPS) is 10.7. The summed E-state index contributed by atoms with van der Waals surface area (Å²) in [5.41, 5.74) is 3.18. The summed E-state index contributed by atoms with van der Waals surface area (Å²) in [6.45, 7) is 0. The minimum absolute atomic E-state index is 1.01. The lowest BCUT2D eigenvalue weighted by molar-refractivity contribution is 1.10. The molecule has 3 heteroatoms. The first-order valence-electron chi connectivity index (χ1n) is 4.78. The summed E-state index contributed by atoms with van der Waals surface area (Å²) in [5, 5.41) is 8.03. The van der Waals surface area contributed by atoms with Crippen molar-refractivity contribution < 1.29 is 0 Å². The Morgan fingerprint density at radius 2 is 2.00 bits per heavy atom. The number of fused-ring (bicyclic) bond motifs is 1. The average Bonchev–Trinajstić information content (AvgIpc) is 2.82. The van der Waals surface area contributed by atoms with Crippen LogP contribution in [0.15, 0.2) is 48.8 Å². The minimum atomic E-state index is 1.01. The molecule has 0 saturated carbocycles. The molecule has 3 nitrogen and oxygen atoms in total. The lowest BCUT2D eigenvalue weighted by Gasteiger charge is -2.00. The Morgan fingerprint density at radius 1 is 1.00 bits per heavy atom. The van der Waals surface area contributed by atoms with Gasteiger partial charge in [0.15, 0.2) is 0 Å². The summed E-state index contributed by atoms with van der Waals surface area (Å²) in [6, 6.07) is 12.1. The molecule has 0 aliphatic carbocycles. The van der Waals surface area contributed by atoms with Crippen LogP contribution in [0.1, 0.15) is 0 Å². The van der Waals surface area contributed by atoms with Crippen molar-refractivity contribution in [3.8, 4) is 11.3 Å². The molecule has 3 aromatic rings. The largest absolute Gasteiger partial charge is 0.278 e. The van der Waals surface area contributed by atoms with Crippen LogP contribution in [-0.2, 0) is 0 Å². The predicted octanol–water partition coefficient (Wildman–Crippen LogP) is 2.62. The van der Waals surface area contributed by atoms with Gasteiger partial charge in [-0.1, -0.05) is 12.1 Å². The Morgan fingerprint density at radius 3 is 2.87 bits per heavy atom. The Balaban J connectivity index is 2.22. The van der Waals surface area contributed by atoms with Gasteiger partial charge in [0.25, 0.3) is 0 Å². The molecule has 0 unspecified atom stereocenters. The summed E-state index contributed by atoms with van der Waals surface area (Å²) in [7, 11) is 0. The van der Waals surface area contributed by atoms with Crippen molar-refractivity contribution in [1.29, 1.82) is 0 Å². The first-order chi connectivity index (χ1) is 7.43. The van der Waals surface area contributed by atoms with Crippen LogP contribution in [0.25, 0.3) is 22.2 Å². The van der Waals surface area contributed by atoms with E-state index in [1.54, 1.807) is 12.4 Å². The summed E-state index contributed by atoms with van der Waals surface area (Å²) in [5.74, 6) is 0. The maximum Gasteiger partial charge on any atom is 0.0702 e. The van der Waals surface area contributed by atoms with E-state index < -0.39 is 0 Å². The lowest BCUT2D eigenvalue weighted by Crippen LogP contribution is -1.81. The van der Waals surface area contributed by atoms with E-state index in [0.717, 1.165) is 22.2 Å². The first kappa shape index (κ1) is 8.17. The molecule has 0 radical (unpaired) electrons. The molecule has 0 atom stereocenters. The van der Waals surface area contributed by atoms with Crippen LogP contribution in [0.2, 0.25) is 0 Å². The second kappa shape index (κ2) is 3.20. The van der Waals surface area contributed by atoms with E-state index in [1.807, 2.05) is 24.3 Å². The maximum absolute atomic E-state index is 4.28. The summed E-state index contributed by atoms with van der Waals surface area (Å²) in [6.07, 6.45) is 3.56. The highest BCUT2D eigenvalue weighted by Crippen LogP contribution is 2.20. The van der Waals surface area contributed by atoms with E-state index in [-0.39, 0.29) is 0 Å². The molecule has 1 N–H and O–H groups in total. The SMILES string of the molecule is c1cnc2ccc(-c3ccn[nH]3)cc2c1. The Labute approximate surface area is 86.8 Å². The molecule has 15 heavy (non-hydrogen) atoms. The highest BCUT2D eigenvalue weighted by Gasteiger charge is 2.00. The van der Waals surface area contributed by atoms with Gasteiger partial charge in [0.1, 0.15) is 0 Å². The molecule has 0 amide bonds. The maximum atomic E-state index is 4.28. The molecule has 2 aromatic heterocycles. The molecule has 0 spiro atoms. The molecular weight excluding hydrogens is 186 g/mol. The average molecular weight is 195 g/mol. The van der Waals surface area contributed by atoms with Crippen LogP contribution in [0.5, 0.6) is 0 Å². The Kier molecular flexibility index (Phi) is 1.75. The zero-order valence-electron chi connectivity index (χ0n) is 8.01. The Bertz CT molecular complexity index is 585. The number of nitrogens with one attached hydrogen (secondary N) is 1. The molecule has 0 aliphatic rings. The van der Waals surface area contributed by atoms with Crippen molar-refractivity contribution in [2.75, 3.05) is 0 Å². The monoisotopic (exact) mass is 195 g/mol. The summed E-state index contributed by atoms with van der Waals surface area (Å²) in [4.78, 5) is 4.28. The van der Waals surface area contributed by atoms with Crippen molar-refractivity contribution in [2.24, 2.45) is 0 Å². The van der Waals surface area contributed by atoms with Crippen molar-refractivity contribution in [3.05, 3.63) is 48.8 Å². The fourth-order valence-electron chi connectivity index (χ4n) is 1.66. The molecule has 72 valence electrons. The highest BCUT2D eigenvalue weighted by molar-refractivity contribution is 5.83. The van der Waals surface area contributed by atoms with Crippen LogP contribution < -0.4 is 0 Å². The third kappa shape index (κ3) is 1.38. The van der Waals surface area contributed by atoms with Crippen LogP contribution >= 0.6 is 0 Å². The zero-order valence-corrected chi connectivity index (χ0v) is 8.01. The second-order valence-corrected chi connectivity index (χ2v) is 3.38. The van der Waals surface area contributed by atoms with E-state index in [2.05, 4.69) is 27.3 Å². The van der Waals surface area contributed by atoms with Gasteiger partial charge >= 0.3 is 0 Å². The van der Waals surface area contributed by atoms with E-state index in [0.29, 0.717) is 0 Å². The van der Waals surface area contributed by atoms with Gasteiger partial charge in [-0.05, 0) is 24.3 Å². The summed E-state index contributed by atoms with van der Waals surface area (Å²) < 4.78 is 0. The van der Waals surface area contributed by atoms with Crippen molar-refractivity contribution in [2.45, 2.75) is 0 Å². The van der Waals surface area contributed by atoms with E-state index in [4.69, 9.17) is 0 Å². The molecule has 0 fully saturated rings. The number of benzene rings is 1. The molecule has 0 aliphatic heterocycles. The lowest BCUT2D eigenvalue weighted by atomic mass is 10.1. The van der Waals surface area contributed by atoms with Crippen molar-refractivity contribution in [1.82, 2.24) is 15.2 Å². The fourth-order valence-corrected chi connectivity index (χ4v) is 1.66. The van der Waals surface area contributed by atoms with Crippen molar-refractivity contribution in [3.63, 3.8) is 0 Å². The smallest absolute Gasteiger partial charge is 0.0702 e. The van der Waals surface area contributed by atoms with Gasteiger partial charge in [0.2, 0.25) is 0 Å². The number of aromatic nitrogens is 3. The minimum Gasteiger partial charge on any atom is -0.278 e. The first-order valence-corrected chi connectivity index (χ1v) is 4.78. The van der Waals surface area contributed by atoms with Crippen LogP contribution in [0.4, 0.5) is 0 Å². The quantitative estimate of drug-likeness (QED) is 0.648. The molecule has 3 rings (SSSR count). The number of nitrogens with zero attached hydrogens (tertiary/aromatic N) is 2. The molecule has 2 heterocycles. The number of aromatic amines is 1. The summed E-state index contributed by atoms with van der Waals surface area (Å²) >= 11 is 0. The molecular formula is C12H9N3. The predicted molar refractivity (Wildman–Crippen MR) is 59.3 cm³/mol. The topological polar surface area (TPSA) is 41.6 Å². The molecule has 0 bridgehead atoms. The van der Waals surface area contributed by atoms with E-state index >= 15 is 0 Å². The van der Waals surface area contributed by atoms with Crippen LogP contribution in [-0.4, -0.2) is 15.2 Å². The van der Waals surface area contributed by atoms with Gasteiger partial charge in [-0.25, -0.2) is 0 Å². The highest BCUT2D eigenvalue weighted by atomic mass is 15.1. The van der Waals surface area contributed by atoms with Gasteiger partial charge in [0, 0.05) is 23.3 Å². The third-order valence-electron chi connectivity index (χ3n) is 2.41. The van der Waals surface area contributed by atoms with Gasteiger partial charge in [-0.3, -0.25) is 10.1 Å². The number of hydrogen-bond acceptors (Lipinski definition) is 2. The van der Waals surface area contributed by atoms with Gasteiger partial charge in [-0.15, -0.1) is 0 Å². The molecule has 0 saturated heterocycles. The second-order valence-electron chi connectivity index (χ2n) is 3.38. The van der Waals surface area contributed by atoms with Crippen LogP contribution in [0, 0.1) is 0 Å². The number of pyridine rings is 1. The van der Waals surface area contributed by atoms with Gasteiger partial charge in [0.05, 0.1) is 11.2 Å². The van der Waals surface area contributed by atoms with E-state index in [1.165, 1.54) is 0 Å². The number of H-pyrrole nitrogens is 1. The Hall–Kier alpha value is -2.16. The van der Waals surface area contributed by atoms with Crippen LogP contribution in [0.3, 0.4) is 0 Å². The van der Waals surface area contributed by atoms with Crippen molar-refractivity contribution >= 4 is 10.9 Å². The standard InChI is InChI=1S/C12H9N3/c1-2-9-8-10(12-5-7-14-15-12)3-4-11(9)13-6-1/h1-8H,(H,14,15). The van der Waals surface area contributed by atoms with Gasteiger partial charge in [-0.2, -0.15) is 5.10 Å². The van der Waals surface area contributed by atoms with Gasteiger partial charge < -0.3 is 0 Å². The number of rotatable bonds is 1. The zero-order chi connectivity index (χ0) is 10.1. The number of hydrogen-bond donors (Lipinski definition) is 1. The third-order valence-corrected chi connectivity index (χ3v) is 2.41. The molecule has 1 aromatic carbocycles.